The van der Waals surface area contributed by atoms with Crippen molar-refractivity contribution < 1.29 is 0 Å². The lowest BCUT2D eigenvalue weighted by Gasteiger charge is -2.34. The summed E-state index contributed by atoms with van der Waals surface area (Å²) >= 11 is 0. The van der Waals surface area contributed by atoms with Crippen LogP contribution in [-0.2, 0) is 0 Å². The molecule has 3 N–H and O–H groups in total. The molecule has 2 aliphatic rings. The number of hydrogen-bond donors (Lipinski definition) is 2. The van der Waals surface area contributed by atoms with Crippen LogP contribution in [0.3, 0.4) is 0 Å². The van der Waals surface area contributed by atoms with E-state index in [9.17, 15) is 0 Å². The van der Waals surface area contributed by atoms with Gasteiger partial charge in [-0.2, -0.15) is 0 Å². The Morgan fingerprint density at radius 3 is 2.36 bits per heavy atom. The van der Waals surface area contributed by atoms with Crippen LogP contribution < -0.4 is 5.73 Å². The quantitative estimate of drug-likeness (QED) is 0.495. The molecular weight excluding hydrogens is 176 g/mol. The van der Waals surface area contributed by atoms with Crippen molar-refractivity contribution in [1.29, 1.82) is 5.41 Å². The number of hydrogen-bond acceptors (Lipinski definition) is 3. The Hall–Kier alpha value is -0.610. The van der Waals surface area contributed by atoms with E-state index in [2.05, 4.69) is 9.80 Å². The molecule has 1 aliphatic heterocycles. The van der Waals surface area contributed by atoms with Crippen LogP contribution in [0.5, 0.6) is 0 Å². The lowest BCUT2D eigenvalue weighted by Crippen LogP contribution is -2.47. The summed E-state index contributed by atoms with van der Waals surface area (Å²) in [4.78, 5) is 5.02. The molecule has 0 bridgehead atoms. The summed E-state index contributed by atoms with van der Waals surface area (Å²) in [6, 6.07) is 0.907. The molecule has 14 heavy (non-hydrogen) atoms. The first-order valence-corrected chi connectivity index (χ1v) is 5.55. The largest absolute Gasteiger partial charge is 0.388 e. The summed E-state index contributed by atoms with van der Waals surface area (Å²) in [5.41, 5.74) is 5.34. The van der Waals surface area contributed by atoms with E-state index in [1.165, 1.54) is 25.9 Å². The predicted octanol–water partition coefficient (Wildman–Crippen LogP) is 0.0925. The van der Waals surface area contributed by atoms with Gasteiger partial charge in [0.15, 0.2) is 0 Å². The van der Waals surface area contributed by atoms with Gasteiger partial charge in [0.05, 0.1) is 5.84 Å². The molecule has 1 heterocycles. The first kappa shape index (κ1) is 9.93. The predicted molar refractivity (Wildman–Crippen MR) is 57.6 cm³/mol. The number of nitrogens with two attached hydrogens (primary N) is 1. The molecule has 1 saturated heterocycles. The van der Waals surface area contributed by atoms with Gasteiger partial charge in [-0.15, -0.1) is 0 Å². The summed E-state index contributed by atoms with van der Waals surface area (Å²) in [6.07, 6.45) is 3.55. The maximum Gasteiger partial charge on any atom is 0.0918 e. The summed E-state index contributed by atoms with van der Waals surface area (Å²) in [6.45, 7) is 5.70. The zero-order valence-electron chi connectivity index (χ0n) is 8.71. The fourth-order valence-electron chi connectivity index (χ4n) is 2.07. The normalized spacial score (nSPS) is 25.1. The van der Waals surface area contributed by atoms with Crippen molar-refractivity contribution in [2.75, 3.05) is 32.7 Å². The SMILES string of the molecule is N=C(N)CCN1CCN(C2CC2)CC1. The van der Waals surface area contributed by atoms with E-state index in [-0.39, 0.29) is 0 Å². The van der Waals surface area contributed by atoms with E-state index >= 15 is 0 Å². The highest BCUT2D eigenvalue weighted by Gasteiger charge is 2.30. The molecule has 2 rings (SSSR count). The van der Waals surface area contributed by atoms with Crippen LogP contribution in [-0.4, -0.2) is 54.4 Å². The van der Waals surface area contributed by atoms with E-state index in [1.54, 1.807) is 0 Å². The van der Waals surface area contributed by atoms with Gasteiger partial charge in [0.2, 0.25) is 0 Å². The van der Waals surface area contributed by atoms with Crippen molar-refractivity contribution in [3.63, 3.8) is 0 Å². The number of nitrogens with zero attached hydrogens (tertiary/aromatic N) is 2. The second-order valence-corrected chi connectivity index (χ2v) is 4.38. The van der Waals surface area contributed by atoms with Gasteiger partial charge in [-0.25, -0.2) is 0 Å². The fourth-order valence-corrected chi connectivity index (χ4v) is 2.07. The molecule has 0 radical (unpaired) electrons. The number of nitrogens with one attached hydrogen (secondary N) is 1. The topological polar surface area (TPSA) is 56.4 Å². The highest BCUT2D eigenvalue weighted by molar-refractivity contribution is 5.76. The fraction of sp³-hybridized carbons (Fsp3) is 0.900. The zero-order chi connectivity index (χ0) is 9.97. The van der Waals surface area contributed by atoms with E-state index < -0.39 is 0 Å². The second kappa shape index (κ2) is 4.28. The summed E-state index contributed by atoms with van der Waals surface area (Å²) in [7, 11) is 0. The Labute approximate surface area is 85.6 Å². The summed E-state index contributed by atoms with van der Waals surface area (Å²) in [5, 5.41) is 7.17. The Kier molecular flexibility index (Phi) is 3.03. The minimum atomic E-state index is 0.314. The molecular formula is C10H20N4. The minimum Gasteiger partial charge on any atom is -0.388 e. The highest BCUT2D eigenvalue weighted by Crippen LogP contribution is 2.27. The number of amidine groups is 1. The highest BCUT2D eigenvalue weighted by atomic mass is 15.3. The molecule has 0 spiro atoms. The molecule has 0 aromatic carbocycles. The first-order chi connectivity index (χ1) is 6.75. The molecule has 1 aliphatic carbocycles. The average Bonchev–Trinajstić information content (AvgIpc) is 2.99. The monoisotopic (exact) mass is 196 g/mol. The van der Waals surface area contributed by atoms with Crippen LogP contribution in [0, 0.1) is 5.41 Å². The molecule has 0 atom stereocenters. The third-order valence-electron chi connectivity index (χ3n) is 3.17. The Morgan fingerprint density at radius 1 is 1.21 bits per heavy atom. The standard InChI is InChI=1S/C10H20N4/c11-10(12)3-4-13-5-7-14(8-6-13)9-1-2-9/h9H,1-8H2,(H3,11,12). The van der Waals surface area contributed by atoms with Crippen LogP contribution in [0.4, 0.5) is 0 Å². The summed E-state index contributed by atoms with van der Waals surface area (Å²) < 4.78 is 0. The Bertz CT molecular complexity index is 204. The van der Waals surface area contributed by atoms with E-state index in [1.807, 2.05) is 0 Å². The van der Waals surface area contributed by atoms with Crippen LogP contribution in [0.25, 0.3) is 0 Å². The third-order valence-corrected chi connectivity index (χ3v) is 3.17. The molecule has 4 nitrogen and oxygen atoms in total. The molecule has 0 amide bonds. The maximum atomic E-state index is 7.17. The Morgan fingerprint density at radius 2 is 1.86 bits per heavy atom. The smallest absolute Gasteiger partial charge is 0.0918 e. The molecule has 0 aromatic rings. The van der Waals surface area contributed by atoms with Crippen LogP contribution in [0.2, 0.25) is 0 Å². The molecule has 4 heteroatoms. The maximum absolute atomic E-state index is 7.17. The molecule has 80 valence electrons. The minimum absolute atomic E-state index is 0.314. The van der Waals surface area contributed by atoms with Gasteiger partial charge in [-0.05, 0) is 12.8 Å². The van der Waals surface area contributed by atoms with E-state index in [0.29, 0.717) is 5.84 Å². The van der Waals surface area contributed by atoms with Gasteiger partial charge in [0.1, 0.15) is 0 Å². The van der Waals surface area contributed by atoms with E-state index in [0.717, 1.165) is 32.1 Å². The van der Waals surface area contributed by atoms with Gasteiger partial charge in [0, 0.05) is 45.2 Å². The zero-order valence-corrected chi connectivity index (χ0v) is 8.71. The van der Waals surface area contributed by atoms with Gasteiger partial charge >= 0.3 is 0 Å². The van der Waals surface area contributed by atoms with Crippen LogP contribution in [0.1, 0.15) is 19.3 Å². The lowest BCUT2D eigenvalue weighted by atomic mass is 10.3. The van der Waals surface area contributed by atoms with Gasteiger partial charge < -0.3 is 10.6 Å². The first-order valence-electron chi connectivity index (χ1n) is 5.55. The van der Waals surface area contributed by atoms with Crippen molar-refractivity contribution in [2.24, 2.45) is 5.73 Å². The van der Waals surface area contributed by atoms with Crippen molar-refractivity contribution in [3.05, 3.63) is 0 Å². The van der Waals surface area contributed by atoms with Crippen molar-refractivity contribution >= 4 is 5.84 Å². The van der Waals surface area contributed by atoms with Crippen LogP contribution >= 0.6 is 0 Å². The van der Waals surface area contributed by atoms with E-state index in [4.69, 9.17) is 11.1 Å². The van der Waals surface area contributed by atoms with Crippen molar-refractivity contribution in [3.8, 4) is 0 Å². The molecule has 0 aromatic heterocycles. The van der Waals surface area contributed by atoms with Gasteiger partial charge in [-0.3, -0.25) is 10.3 Å². The summed E-state index contributed by atoms with van der Waals surface area (Å²) in [5.74, 6) is 0.314. The average molecular weight is 196 g/mol. The van der Waals surface area contributed by atoms with Crippen LogP contribution in [0.15, 0.2) is 0 Å². The van der Waals surface area contributed by atoms with Crippen molar-refractivity contribution in [2.45, 2.75) is 25.3 Å². The van der Waals surface area contributed by atoms with Crippen molar-refractivity contribution in [1.82, 2.24) is 9.80 Å². The second-order valence-electron chi connectivity index (χ2n) is 4.38. The number of rotatable bonds is 4. The Balaban J connectivity index is 1.64. The van der Waals surface area contributed by atoms with Gasteiger partial charge in [0.25, 0.3) is 0 Å². The molecule has 0 unspecified atom stereocenters. The molecule has 2 fully saturated rings. The lowest BCUT2D eigenvalue weighted by molar-refractivity contribution is 0.129. The number of piperazine rings is 1. The van der Waals surface area contributed by atoms with Gasteiger partial charge in [-0.1, -0.05) is 0 Å². The molecule has 1 saturated carbocycles. The third kappa shape index (κ3) is 2.69.